The topological polar surface area (TPSA) is 113 Å². The number of halogens is 2. The summed E-state index contributed by atoms with van der Waals surface area (Å²) in [6.07, 6.45) is 8.00. The number of likely N-dealkylation sites (N-methyl/N-ethyl adjacent to an activating group) is 1. The van der Waals surface area contributed by atoms with Gasteiger partial charge in [-0.05, 0) is 64.3 Å². The van der Waals surface area contributed by atoms with Gasteiger partial charge < -0.3 is 19.3 Å². The van der Waals surface area contributed by atoms with Gasteiger partial charge in [0.1, 0.15) is 23.6 Å². The molecule has 1 N–H and O–H groups in total. The lowest BCUT2D eigenvalue weighted by Gasteiger charge is -2.31. The van der Waals surface area contributed by atoms with Crippen LogP contribution >= 0.6 is 11.6 Å². The first-order valence-electron chi connectivity index (χ1n) is 14.9. The van der Waals surface area contributed by atoms with Crippen LogP contribution < -0.4 is 9.64 Å². The van der Waals surface area contributed by atoms with E-state index in [1.165, 1.54) is 0 Å². The van der Waals surface area contributed by atoms with E-state index in [0.29, 0.717) is 65.4 Å². The molecule has 0 spiro atoms. The van der Waals surface area contributed by atoms with Crippen molar-refractivity contribution in [1.29, 1.82) is 0 Å². The van der Waals surface area contributed by atoms with Gasteiger partial charge in [0.05, 0.1) is 35.3 Å². The Morgan fingerprint density at radius 3 is 2.79 bits per heavy atom. The van der Waals surface area contributed by atoms with Crippen LogP contribution in [0.2, 0.25) is 5.02 Å². The number of hydrogen-bond donors (Lipinski definition) is 1. The van der Waals surface area contributed by atoms with Gasteiger partial charge in [0, 0.05) is 42.3 Å². The highest BCUT2D eigenvalue weighted by atomic mass is 35.5. The van der Waals surface area contributed by atoms with Gasteiger partial charge in [-0.1, -0.05) is 11.6 Å². The highest BCUT2D eigenvalue weighted by molar-refractivity contribution is 6.31. The third-order valence-electron chi connectivity index (χ3n) is 9.27. The minimum atomic E-state index is -0.586. The van der Waals surface area contributed by atoms with Crippen molar-refractivity contribution in [1.82, 2.24) is 34.9 Å². The summed E-state index contributed by atoms with van der Waals surface area (Å²) in [6, 6.07) is 3.47. The van der Waals surface area contributed by atoms with E-state index in [9.17, 15) is 4.79 Å². The predicted molar refractivity (Wildman–Crippen MR) is 161 cm³/mol. The Balaban J connectivity index is 1.29. The molecule has 3 aliphatic rings. The lowest BCUT2D eigenvalue weighted by atomic mass is 9.95. The second-order valence-corrected chi connectivity index (χ2v) is 12.1. The summed E-state index contributed by atoms with van der Waals surface area (Å²) >= 11 is 6.37. The van der Waals surface area contributed by atoms with E-state index in [1.807, 2.05) is 4.90 Å². The number of carbonyl (C=O) groups is 1. The second kappa shape index (κ2) is 11.1. The van der Waals surface area contributed by atoms with Crippen LogP contribution in [0.25, 0.3) is 33.1 Å². The van der Waals surface area contributed by atoms with E-state index in [4.69, 9.17) is 26.1 Å². The molecule has 13 heteroatoms. The van der Waals surface area contributed by atoms with Crippen LogP contribution in [0.1, 0.15) is 39.0 Å². The van der Waals surface area contributed by atoms with Crippen molar-refractivity contribution >= 4 is 45.3 Å². The molecule has 3 aliphatic heterocycles. The number of amides is 1. The van der Waals surface area contributed by atoms with E-state index in [0.717, 1.165) is 38.8 Å². The SMILES string of the molecule is CCOC(=O)N(C)C1CCN(c2nc(OCC34CCCN3CCC4)nc3c(F)c(-c4cc(Cl)cc5[nH]ncc45)ncc23)C1. The van der Waals surface area contributed by atoms with Crippen LogP contribution in [-0.2, 0) is 4.74 Å². The molecule has 4 aromatic rings. The molecular formula is C30H34ClFN8O3. The minimum Gasteiger partial charge on any atom is -0.461 e. The molecule has 1 aromatic carbocycles. The molecule has 1 amide bonds. The van der Waals surface area contributed by atoms with Gasteiger partial charge in [0.2, 0.25) is 0 Å². The number of nitrogens with one attached hydrogen (secondary N) is 1. The zero-order valence-corrected chi connectivity index (χ0v) is 25.0. The second-order valence-electron chi connectivity index (χ2n) is 11.7. The van der Waals surface area contributed by atoms with Crippen molar-refractivity contribution in [2.45, 2.75) is 50.6 Å². The van der Waals surface area contributed by atoms with Crippen LogP contribution in [0.5, 0.6) is 6.01 Å². The number of nitrogens with zero attached hydrogens (tertiary/aromatic N) is 7. The number of rotatable bonds is 7. The Bertz CT molecular complexity index is 1690. The van der Waals surface area contributed by atoms with E-state index in [2.05, 4.69) is 25.1 Å². The monoisotopic (exact) mass is 608 g/mol. The van der Waals surface area contributed by atoms with Crippen molar-refractivity contribution in [3.8, 4) is 17.3 Å². The number of ether oxygens (including phenoxy) is 2. The highest BCUT2D eigenvalue weighted by Crippen LogP contribution is 2.40. The predicted octanol–water partition coefficient (Wildman–Crippen LogP) is 5.03. The number of H-pyrrole nitrogens is 1. The summed E-state index contributed by atoms with van der Waals surface area (Å²) in [6.45, 7) is 5.81. The zero-order chi connectivity index (χ0) is 29.7. The smallest absolute Gasteiger partial charge is 0.409 e. The Morgan fingerprint density at radius 1 is 1.19 bits per heavy atom. The van der Waals surface area contributed by atoms with Gasteiger partial charge in [0.15, 0.2) is 5.82 Å². The minimum absolute atomic E-state index is 0.0187. The number of benzene rings is 1. The number of hydrogen-bond acceptors (Lipinski definition) is 9. The molecule has 1 unspecified atom stereocenters. The van der Waals surface area contributed by atoms with Crippen molar-refractivity contribution in [2.24, 2.45) is 0 Å². The Hall–Kier alpha value is -3.77. The summed E-state index contributed by atoms with van der Waals surface area (Å²) in [5, 5.41) is 8.61. The number of anilines is 1. The molecule has 43 heavy (non-hydrogen) atoms. The summed E-state index contributed by atoms with van der Waals surface area (Å²) in [4.78, 5) is 32.6. The van der Waals surface area contributed by atoms with Crippen molar-refractivity contribution in [3.05, 3.63) is 35.4 Å². The standard InChI is InChI=1S/C30H34ClFN8O3/c1-3-42-29(41)38(2)19-6-11-39(16-19)27-22-14-33-25(20-12-18(31)13-23-21(20)15-34-37-23)24(32)26(22)35-28(36-27)43-17-30-7-4-9-40(30)10-5-8-30/h12-15,19H,3-11,16-17H2,1-2H3,(H,34,37). The first-order valence-corrected chi connectivity index (χ1v) is 15.3. The molecule has 3 fully saturated rings. The van der Waals surface area contributed by atoms with Crippen molar-refractivity contribution in [2.75, 3.05) is 51.3 Å². The van der Waals surface area contributed by atoms with E-state index in [-0.39, 0.29) is 34.9 Å². The zero-order valence-electron chi connectivity index (χ0n) is 24.3. The Kier molecular flexibility index (Phi) is 7.21. The molecule has 1 atom stereocenters. The van der Waals surface area contributed by atoms with Crippen LogP contribution in [0.15, 0.2) is 24.5 Å². The van der Waals surface area contributed by atoms with Gasteiger partial charge >= 0.3 is 12.1 Å². The maximum atomic E-state index is 16.5. The van der Waals surface area contributed by atoms with Gasteiger partial charge in [-0.25, -0.2) is 9.18 Å². The average molecular weight is 609 g/mol. The number of carbonyl (C=O) groups excluding carboxylic acids is 1. The van der Waals surface area contributed by atoms with Crippen LogP contribution in [0.3, 0.4) is 0 Å². The fraction of sp³-hybridized carbons (Fsp3) is 0.500. The molecule has 11 nitrogen and oxygen atoms in total. The highest BCUT2D eigenvalue weighted by Gasteiger charge is 2.45. The summed E-state index contributed by atoms with van der Waals surface area (Å²) < 4.78 is 28.1. The number of aromatic nitrogens is 5. The Labute approximate surface area is 253 Å². The van der Waals surface area contributed by atoms with Gasteiger partial charge in [-0.2, -0.15) is 15.1 Å². The lowest BCUT2D eigenvalue weighted by Crippen LogP contribution is -2.43. The molecule has 0 aliphatic carbocycles. The van der Waals surface area contributed by atoms with E-state index < -0.39 is 5.82 Å². The van der Waals surface area contributed by atoms with Crippen LogP contribution in [-0.4, -0.2) is 99.1 Å². The molecule has 0 bridgehead atoms. The molecule has 0 radical (unpaired) electrons. The van der Waals surface area contributed by atoms with Crippen LogP contribution in [0, 0.1) is 5.82 Å². The number of pyridine rings is 1. The molecule has 7 rings (SSSR count). The first kappa shape index (κ1) is 28.0. The first-order chi connectivity index (χ1) is 20.9. The van der Waals surface area contributed by atoms with E-state index in [1.54, 1.807) is 43.4 Å². The number of aromatic amines is 1. The quantitative estimate of drug-likeness (QED) is 0.308. The third kappa shape index (κ3) is 4.90. The molecule has 6 heterocycles. The molecule has 3 aromatic heterocycles. The van der Waals surface area contributed by atoms with E-state index >= 15 is 4.39 Å². The lowest BCUT2D eigenvalue weighted by molar-refractivity contribution is 0.104. The Morgan fingerprint density at radius 2 is 2.00 bits per heavy atom. The fourth-order valence-corrected chi connectivity index (χ4v) is 7.23. The van der Waals surface area contributed by atoms with Gasteiger partial charge in [-0.3, -0.25) is 15.0 Å². The number of fused-ring (bicyclic) bond motifs is 3. The molecule has 3 saturated heterocycles. The van der Waals surface area contributed by atoms with Gasteiger partial charge in [0.25, 0.3) is 0 Å². The largest absolute Gasteiger partial charge is 0.461 e. The maximum absolute atomic E-state index is 16.5. The average Bonchev–Trinajstić information content (AvgIpc) is 3.80. The van der Waals surface area contributed by atoms with Crippen molar-refractivity contribution < 1.29 is 18.7 Å². The summed E-state index contributed by atoms with van der Waals surface area (Å²) in [7, 11) is 1.74. The summed E-state index contributed by atoms with van der Waals surface area (Å²) in [5.74, 6) is -0.0545. The molecule has 0 saturated carbocycles. The molecular weight excluding hydrogens is 575 g/mol. The molecule has 226 valence electrons. The normalized spacial score (nSPS) is 19.8. The summed E-state index contributed by atoms with van der Waals surface area (Å²) in [5.41, 5.74) is 1.42. The maximum Gasteiger partial charge on any atom is 0.409 e. The van der Waals surface area contributed by atoms with Gasteiger partial charge in [-0.15, -0.1) is 0 Å². The van der Waals surface area contributed by atoms with Crippen molar-refractivity contribution in [3.63, 3.8) is 0 Å². The fourth-order valence-electron chi connectivity index (χ4n) is 7.01. The third-order valence-corrected chi connectivity index (χ3v) is 9.49. The van der Waals surface area contributed by atoms with Crippen LogP contribution in [0.4, 0.5) is 15.0 Å².